The van der Waals surface area contributed by atoms with Gasteiger partial charge in [0, 0.05) is 5.56 Å². The fourth-order valence-corrected chi connectivity index (χ4v) is 3.45. The molecule has 0 aliphatic rings. The number of nitriles is 2. The summed E-state index contributed by atoms with van der Waals surface area (Å²) in [4.78, 5) is 4.30. The first kappa shape index (κ1) is 18.2. The number of rotatable bonds is 6. The van der Waals surface area contributed by atoms with Gasteiger partial charge in [0.05, 0.1) is 34.3 Å². The van der Waals surface area contributed by atoms with Gasteiger partial charge in [0.1, 0.15) is 11.9 Å². The van der Waals surface area contributed by atoms with Gasteiger partial charge in [0.2, 0.25) is 0 Å². The van der Waals surface area contributed by atoms with Crippen LogP contribution in [0.2, 0.25) is 0 Å². The molecule has 0 atom stereocenters. The van der Waals surface area contributed by atoms with Crippen LogP contribution in [0.1, 0.15) is 30.2 Å². The lowest BCUT2D eigenvalue weighted by Crippen LogP contribution is -2.18. The first-order valence-electron chi connectivity index (χ1n) is 7.60. The van der Waals surface area contributed by atoms with Gasteiger partial charge >= 0.3 is 0 Å². The van der Waals surface area contributed by atoms with Gasteiger partial charge in [-0.1, -0.05) is 31.5 Å². The van der Waals surface area contributed by atoms with Crippen molar-refractivity contribution in [2.24, 2.45) is 0 Å². The third-order valence-electron chi connectivity index (χ3n) is 3.56. The molecule has 0 saturated heterocycles. The molecule has 3 N–H and O–H groups in total. The van der Waals surface area contributed by atoms with Gasteiger partial charge in [-0.2, -0.15) is 10.5 Å². The first-order valence-corrected chi connectivity index (χ1v) is 9.09. The number of hydrogen-bond acceptors (Lipinski definition) is 6. The van der Waals surface area contributed by atoms with Crippen LogP contribution in [-0.4, -0.2) is 13.4 Å². The predicted octanol–water partition coefficient (Wildman–Crippen LogP) is 2.35. The van der Waals surface area contributed by atoms with Crippen LogP contribution in [0.15, 0.2) is 35.2 Å². The lowest BCUT2D eigenvalue weighted by Gasteiger charge is -2.16. The molecule has 2 aromatic rings. The van der Waals surface area contributed by atoms with Gasteiger partial charge in [-0.25, -0.2) is 13.4 Å². The Balaban J connectivity index is 2.60. The van der Waals surface area contributed by atoms with Crippen LogP contribution in [0.25, 0.3) is 0 Å². The summed E-state index contributed by atoms with van der Waals surface area (Å²) in [6.07, 6.45) is 1.00. The van der Waals surface area contributed by atoms with Crippen molar-refractivity contribution in [3.63, 3.8) is 0 Å². The van der Waals surface area contributed by atoms with Crippen molar-refractivity contribution in [1.29, 1.82) is 10.5 Å². The Labute approximate surface area is 146 Å². The van der Waals surface area contributed by atoms with Crippen LogP contribution in [0, 0.1) is 22.7 Å². The molecule has 0 unspecified atom stereocenters. The minimum atomic E-state index is -3.86. The Bertz CT molecular complexity index is 957. The second kappa shape index (κ2) is 7.65. The van der Waals surface area contributed by atoms with E-state index >= 15 is 0 Å². The van der Waals surface area contributed by atoms with Crippen LogP contribution in [0.3, 0.4) is 0 Å². The summed E-state index contributed by atoms with van der Waals surface area (Å²) in [6, 6.07) is 11.7. The number of anilines is 2. The zero-order valence-electron chi connectivity index (χ0n) is 13.7. The van der Waals surface area contributed by atoms with Crippen molar-refractivity contribution in [2.45, 2.75) is 31.1 Å². The summed E-state index contributed by atoms with van der Waals surface area (Å²) in [5.41, 5.74) is 6.96. The Morgan fingerprint density at radius 1 is 1.24 bits per heavy atom. The Morgan fingerprint density at radius 2 is 1.92 bits per heavy atom. The van der Waals surface area contributed by atoms with Crippen molar-refractivity contribution >= 4 is 21.5 Å². The molecule has 0 amide bonds. The summed E-state index contributed by atoms with van der Waals surface area (Å²) in [5, 5.41) is 18.2. The van der Waals surface area contributed by atoms with Crippen LogP contribution >= 0.6 is 0 Å². The topological polar surface area (TPSA) is 133 Å². The molecule has 0 saturated carbocycles. The maximum atomic E-state index is 12.6. The number of pyridine rings is 1. The van der Waals surface area contributed by atoms with E-state index in [1.54, 1.807) is 18.2 Å². The average Bonchev–Trinajstić information content (AvgIpc) is 2.59. The van der Waals surface area contributed by atoms with Crippen molar-refractivity contribution in [3.8, 4) is 12.1 Å². The Morgan fingerprint density at radius 3 is 2.48 bits per heavy atom. The summed E-state index contributed by atoms with van der Waals surface area (Å²) in [7, 11) is -3.86. The number of hydrogen-bond donors (Lipinski definition) is 2. The van der Waals surface area contributed by atoms with Gasteiger partial charge in [-0.05, 0) is 18.6 Å². The Kier molecular flexibility index (Phi) is 5.58. The predicted molar refractivity (Wildman–Crippen MR) is 93.9 cm³/mol. The molecule has 0 aliphatic carbocycles. The van der Waals surface area contributed by atoms with Crippen LogP contribution in [0.4, 0.5) is 11.5 Å². The maximum absolute atomic E-state index is 12.6. The lowest BCUT2D eigenvalue weighted by molar-refractivity contribution is 0.601. The minimum Gasteiger partial charge on any atom is -0.397 e. The molecule has 1 aromatic carbocycles. The number of nitrogens with zero attached hydrogens (tertiary/aromatic N) is 3. The highest BCUT2D eigenvalue weighted by Gasteiger charge is 2.22. The van der Waals surface area contributed by atoms with Gasteiger partial charge in [-0.15, -0.1) is 0 Å². The number of nitrogens with two attached hydrogens (primary N) is 1. The summed E-state index contributed by atoms with van der Waals surface area (Å²) < 4.78 is 27.6. The van der Waals surface area contributed by atoms with E-state index in [0.717, 1.165) is 0 Å². The van der Waals surface area contributed by atoms with Gasteiger partial charge in [-0.3, -0.25) is 4.72 Å². The molecule has 8 heteroatoms. The SMILES string of the molecule is CCCc1c(NS(=O)(=O)c2ccccc2)nc(CC#N)c(C#N)c1N. The molecule has 128 valence electrons. The van der Waals surface area contributed by atoms with E-state index in [1.807, 2.05) is 19.1 Å². The summed E-state index contributed by atoms with van der Waals surface area (Å²) >= 11 is 0. The molecule has 0 aliphatic heterocycles. The standard InChI is InChI=1S/C17H17N5O2S/c1-2-6-13-16(20)14(11-19)15(9-10-18)21-17(13)22-25(23,24)12-7-4-3-5-8-12/h3-5,7-8H,2,6,9H2,1H3,(H3,20,21,22). The number of benzene rings is 1. The van der Waals surface area contributed by atoms with Gasteiger partial charge in [0.15, 0.2) is 0 Å². The van der Waals surface area contributed by atoms with Gasteiger partial charge < -0.3 is 5.73 Å². The van der Waals surface area contributed by atoms with E-state index in [0.29, 0.717) is 18.4 Å². The van der Waals surface area contributed by atoms with E-state index in [1.165, 1.54) is 12.1 Å². The van der Waals surface area contributed by atoms with Crippen LogP contribution in [0.5, 0.6) is 0 Å². The van der Waals surface area contributed by atoms with Crippen molar-refractivity contribution in [2.75, 3.05) is 10.5 Å². The number of aromatic nitrogens is 1. The molecule has 0 bridgehead atoms. The second-order valence-corrected chi connectivity index (χ2v) is 6.97. The van der Waals surface area contributed by atoms with E-state index in [4.69, 9.17) is 11.0 Å². The van der Waals surface area contributed by atoms with Crippen molar-refractivity contribution < 1.29 is 8.42 Å². The molecule has 0 spiro atoms. The normalized spacial score (nSPS) is 10.7. The molecule has 0 fully saturated rings. The molecular weight excluding hydrogens is 338 g/mol. The molecule has 1 heterocycles. The monoisotopic (exact) mass is 355 g/mol. The van der Waals surface area contributed by atoms with Crippen LogP contribution in [-0.2, 0) is 22.9 Å². The fourth-order valence-electron chi connectivity index (χ4n) is 2.39. The van der Waals surface area contributed by atoms with E-state index in [2.05, 4.69) is 9.71 Å². The van der Waals surface area contributed by atoms with Crippen molar-refractivity contribution in [3.05, 3.63) is 47.2 Å². The highest BCUT2D eigenvalue weighted by molar-refractivity contribution is 7.92. The second-order valence-electron chi connectivity index (χ2n) is 5.29. The smallest absolute Gasteiger partial charge is 0.263 e. The lowest BCUT2D eigenvalue weighted by atomic mass is 10.0. The molecule has 25 heavy (non-hydrogen) atoms. The fraction of sp³-hybridized carbons (Fsp3) is 0.235. The van der Waals surface area contributed by atoms with E-state index in [-0.39, 0.29) is 34.1 Å². The molecule has 2 rings (SSSR count). The number of nitrogens with one attached hydrogen (secondary N) is 1. The number of sulfonamides is 1. The average molecular weight is 355 g/mol. The highest BCUT2D eigenvalue weighted by Crippen LogP contribution is 2.29. The maximum Gasteiger partial charge on any atom is 0.263 e. The zero-order chi connectivity index (χ0) is 18.4. The third-order valence-corrected chi connectivity index (χ3v) is 4.91. The highest BCUT2D eigenvalue weighted by atomic mass is 32.2. The molecule has 1 aromatic heterocycles. The Hall–Kier alpha value is -3.10. The summed E-state index contributed by atoms with van der Waals surface area (Å²) in [6.45, 7) is 1.91. The molecule has 0 radical (unpaired) electrons. The number of nitrogen functional groups attached to an aromatic ring is 1. The third kappa shape index (κ3) is 3.87. The summed E-state index contributed by atoms with van der Waals surface area (Å²) in [5.74, 6) is 0.0625. The van der Waals surface area contributed by atoms with Crippen molar-refractivity contribution in [1.82, 2.24) is 4.98 Å². The first-order chi connectivity index (χ1) is 11.9. The largest absolute Gasteiger partial charge is 0.397 e. The molecule has 7 nitrogen and oxygen atoms in total. The molecular formula is C17H17N5O2S. The minimum absolute atomic E-state index is 0.0625. The van der Waals surface area contributed by atoms with E-state index in [9.17, 15) is 13.7 Å². The van der Waals surface area contributed by atoms with Gasteiger partial charge in [0.25, 0.3) is 10.0 Å². The van der Waals surface area contributed by atoms with Crippen LogP contribution < -0.4 is 10.5 Å². The van der Waals surface area contributed by atoms with E-state index < -0.39 is 10.0 Å². The quantitative estimate of drug-likeness (QED) is 0.817. The zero-order valence-corrected chi connectivity index (χ0v) is 14.5.